The molecule has 2 N–H and O–H groups in total. The molecule has 0 aliphatic carbocycles. The van der Waals surface area contributed by atoms with Crippen molar-refractivity contribution >= 4 is 29.9 Å². The normalized spacial score (nSPS) is 16.4. The summed E-state index contributed by atoms with van der Waals surface area (Å²) >= 11 is 0. The summed E-state index contributed by atoms with van der Waals surface area (Å²) in [6, 6.07) is 0. The predicted octanol–water partition coefficient (Wildman–Crippen LogP) is 1.32. The molecule has 7 nitrogen and oxygen atoms in total. The maximum Gasteiger partial charge on any atom is 0.191 e. The van der Waals surface area contributed by atoms with Crippen molar-refractivity contribution in [2.24, 2.45) is 4.99 Å². The van der Waals surface area contributed by atoms with Crippen molar-refractivity contribution in [2.45, 2.75) is 32.7 Å². The molecule has 25 heavy (non-hydrogen) atoms. The molecule has 1 fully saturated rings. The van der Waals surface area contributed by atoms with Crippen LogP contribution in [0, 0.1) is 0 Å². The number of morpholine rings is 1. The lowest BCUT2D eigenvalue weighted by molar-refractivity contribution is -0.00683. The number of hydrogen-bond acceptors (Lipinski definition) is 5. The van der Waals surface area contributed by atoms with Gasteiger partial charge < -0.3 is 24.8 Å². The average Bonchev–Trinajstić information content (AvgIpc) is 2.59. The maximum atomic E-state index is 5.47. The Hall–Kier alpha value is -0.160. The van der Waals surface area contributed by atoms with Crippen LogP contribution in [0.1, 0.15) is 27.2 Å². The Morgan fingerprint density at radius 2 is 1.88 bits per heavy atom. The molecule has 0 aromatic heterocycles. The van der Waals surface area contributed by atoms with E-state index >= 15 is 0 Å². The van der Waals surface area contributed by atoms with E-state index in [-0.39, 0.29) is 29.5 Å². The zero-order valence-electron chi connectivity index (χ0n) is 16.3. The largest absolute Gasteiger partial charge is 0.382 e. The molecule has 150 valence electrons. The fourth-order valence-electron chi connectivity index (χ4n) is 2.51. The van der Waals surface area contributed by atoms with E-state index in [9.17, 15) is 0 Å². The van der Waals surface area contributed by atoms with E-state index in [1.165, 1.54) is 0 Å². The number of nitrogens with zero attached hydrogens (tertiary/aromatic N) is 2. The third kappa shape index (κ3) is 11.2. The van der Waals surface area contributed by atoms with Crippen LogP contribution in [0.25, 0.3) is 0 Å². The Morgan fingerprint density at radius 1 is 1.16 bits per heavy atom. The standard InChI is InChI=1S/C17H36N4O3.HI/c1-5-18-16(19-7-6-10-23-14-13-22-4)20-15-17(2,3)21-8-11-24-12-9-21;/h5-15H2,1-4H3,(H2,18,19,20);1H. The number of ether oxygens (including phenoxy) is 3. The molecule has 1 saturated heterocycles. The Morgan fingerprint density at radius 3 is 2.52 bits per heavy atom. The number of nitrogens with one attached hydrogen (secondary N) is 2. The molecule has 0 radical (unpaired) electrons. The molecule has 1 rings (SSSR count). The Balaban J connectivity index is 0.00000576. The van der Waals surface area contributed by atoms with E-state index in [4.69, 9.17) is 19.2 Å². The van der Waals surface area contributed by atoms with E-state index < -0.39 is 0 Å². The summed E-state index contributed by atoms with van der Waals surface area (Å²) in [5, 5.41) is 6.68. The Bertz CT molecular complexity index is 351. The minimum Gasteiger partial charge on any atom is -0.382 e. The van der Waals surface area contributed by atoms with Crippen LogP contribution in [0.4, 0.5) is 0 Å². The van der Waals surface area contributed by atoms with Gasteiger partial charge in [0.05, 0.1) is 33.0 Å². The van der Waals surface area contributed by atoms with Gasteiger partial charge >= 0.3 is 0 Å². The van der Waals surface area contributed by atoms with Crippen molar-refractivity contribution < 1.29 is 14.2 Å². The van der Waals surface area contributed by atoms with Gasteiger partial charge in [0.25, 0.3) is 0 Å². The highest BCUT2D eigenvalue weighted by Gasteiger charge is 2.27. The molecule has 0 saturated carbocycles. The molecule has 0 aromatic carbocycles. The molecule has 0 unspecified atom stereocenters. The number of rotatable bonds is 11. The molecule has 0 bridgehead atoms. The molecule has 0 aromatic rings. The molecule has 1 aliphatic heterocycles. The van der Waals surface area contributed by atoms with Crippen LogP contribution in [0.2, 0.25) is 0 Å². The minimum atomic E-state index is 0. The fraction of sp³-hybridized carbons (Fsp3) is 0.941. The molecular weight excluding hydrogens is 435 g/mol. The Kier molecular flexibility index (Phi) is 14.9. The second-order valence-electron chi connectivity index (χ2n) is 6.49. The van der Waals surface area contributed by atoms with Crippen LogP contribution in [-0.4, -0.2) is 89.3 Å². The van der Waals surface area contributed by atoms with Gasteiger partial charge in [0.1, 0.15) is 0 Å². The van der Waals surface area contributed by atoms with E-state index in [1.807, 2.05) is 0 Å². The third-order valence-electron chi connectivity index (χ3n) is 4.03. The molecule has 1 heterocycles. The highest BCUT2D eigenvalue weighted by molar-refractivity contribution is 14.0. The number of aliphatic imine (C=N–C) groups is 1. The molecule has 0 spiro atoms. The van der Waals surface area contributed by atoms with Gasteiger partial charge in [-0.1, -0.05) is 0 Å². The number of halogens is 1. The first-order valence-corrected chi connectivity index (χ1v) is 9.02. The average molecular weight is 472 g/mol. The van der Waals surface area contributed by atoms with Gasteiger partial charge in [-0.3, -0.25) is 9.89 Å². The highest BCUT2D eigenvalue weighted by Crippen LogP contribution is 2.16. The summed E-state index contributed by atoms with van der Waals surface area (Å²) in [5.41, 5.74) is 0.0371. The first-order chi connectivity index (χ1) is 11.6. The van der Waals surface area contributed by atoms with Crippen LogP contribution >= 0.6 is 24.0 Å². The van der Waals surface area contributed by atoms with Crippen molar-refractivity contribution in [1.29, 1.82) is 0 Å². The summed E-state index contributed by atoms with van der Waals surface area (Å²) in [5.74, 6) is 0.871. The van der Waals surface area contributed by atoms with E-state index in [1.54, 1.807) is 7.11 Å². The van der Waals surface area contributed by atoms with E-state index in [0.29, 0.717) is 13.2 Å². The van der Waals surface area contributed by atoms with E-state index in [2.05, 4.69) is 36.3 Å². The zero-order chi connectivity index (χ0) is 17.7. The van der Waals surface area contributed by atoms with Gasteiger partial charge in [-0.05, 0) is 27.2 Å². The lowest BCUT2D eigenvalue weighted by Crippen LogP contribution is -2.52. The lowest BCUT2D eigenvalue weighted by atomic mass is 10.0. The zero-order valence-corrected chi connectivity index (χ0v) is 18.6. The smallest absolute Gasteiger partial charge is 0.191 e. The van der Waals surface area contributed by atoms with Gasteiger partial charge in [-0.15, -0.1) is 24.0 Å². The van der Waals surface area contributed by atoms with Crippen LogP contribution in [0.3, 0.4) is 0 Å². The second-order valence-corrected chi connectivity index (χ2v) is 6.49. The van der Waals surface area contributed by atoms with Gasteiger partial charge in [0, 0.05) is 45.4 Å². The topological polar surface area (TPSA) is 67.4 Å². The molecule has 1 aliphatic rings. The fourth-order valence-corrected chi connectivity index (χ4v) is 2.51. The van der Waals surface area contributed by atoms with Gasteiger partial charge in [0.15, 0.2) is 5.96 Å². The molecular formula is C17H37IN4O3. The van der Waals surface area contributed by atoms with Crippen LogP contribution in [0.5, 0.6) is 0 Å². The predicted molar refractivity (Wildman–Crippen MR) is 113 cm³/mol. The first-order valence-electron chi connectivity index (χ1n) is 9.02. The van der Waals surface area contributed by atoms with Crippen molar-refractivity contribution in [3.8, 4) is 0 Å². The van der Waals surface area contributed by atoms with Crippen LogP contribution < -0.4 is 10.6 Å². The van der Waals surface area contributed by atoms with Crippen molar-refractivity contribution in [2.75, 3.05) is 72.9 Å². The van der Waals surface area contributed by atoms with Crippen LogP contribution in [-0.2, 0) is 14.2 Å². The summed E-state index contributed by atoms with van der Waals surface area (Å²) in [4.78, 5) is 7.21. The highest BCUT2D eigenvalue weighted by atomic mass is 127. The lowest BCUT2D eigenvalue weighted by Gasteiger charge is -2.39. The second kappa shape index (κ2) is 15.0. The SMILES string of the molecule is CCNC(=NCC(C)(C)N1CCOCC1)NCCCOCCOC.I. The monoisotopic (exact) mass is 472 g/mol. The summed E-state index contributed by atoms with van der Waals surface area (Å²) in [6.07, 6.45) is 0.945. The number of guanidine groups is 1. The quantitative estimate of drug-likeness (QED) is 0.205. The van der Waals surface area contributed by atoms with Gasteiger partial charge in [-0.2, -0.15) is 0 Å². The summed E-state index contributed by atoms with van der Waals surface area (Å²) in [6.45, 7) is 14.6. The number of methoxy groups -OCH3 is 1. The summed E-state index contributed by atoms with van der Waals surface area (Å²) in [7, 11) is 1.68. The maximum absolute atomic E-state index is 5.47. The molecule has 8 heteroatoms. The van der Waals surface area contributed by atoms with Crippen molar-refractivity contribution in [1.82, 2.24) is 15.5 Å². The first kappa shape index (κ1) is 24.8. The van der Waals surface area contributed by atoms with E-state index in [0.717, 1.165) is 64.9 Å². The summed E-state index contributed by atoms with van der Waals surface area (Å²) < 4.78 is 15.9. The van der Waals surface area contributed by atoms with Gasteiger partial charge in [-0.25, -0.2) is 0 Å². The number of hydrogen-bond donors (Lipinski definition) is 2. The molecule has 0 amide bonds. The van der Waals surface area contributed by atoms with Crippen molar-refractivity contribution in [3.05, 3.63) is 0 Å². The van der Waals surface area contributed by atoms with Crippen molar-refractivity contribution in [3.63, 3.8) is 0 Å². The van der Waals surface area contributed by atoms with Crippen LogP contribution in [0.15, 0.2) is 4.99 Å². The molecule has 0 atom stereocenters. The minimum absolute atomic E-state index is 0. The van der Waals surface area contributed by atoms with Gasteiger partial charge in [0.2, 0.25) is 0 Å². The third-order valence-corrected chi connectivity index (χ3v) is 4.03. The Labute approximate surface area is 170 Å².